The smallest absolute Gasteiger partial charge is 0.127 e. The monoisotopic (exact) mass is 284 g/mol. The zero-order valence-electron chi connectivity index (χ0n) is 12.9. The predicted molar refractivity (Wildman–Crippen MR) is 86.4 cm³/mol. The van der Waals surface area contributed by atoms with Gasteiger partial charge in [-0.25, -0.2) is 4.68 Å². The van der Waals surface area contributed by atoms with E-state index in [0.29, 0.717) is 5.82 Å². The molecule has 1 fully saturated rings. The maximum absolute atomic E-state index is 6.16. The molecule has 1 aromatic carbocycles. The fraction of sp³-hybridized carbons (Fsp3) is 0.471. The number of likely N-dealkylation sites (tertiary alicyclic amines) is 1. The number of para-hydroxylation sites is 1. The van der Waals surface area contributed by atoms with Crippen LogP contribution in [0.15, 0.2) is 30.3 Å². The van der Waals surface area contributed by atoms with Gasteiger partial charge in [-0.15, -0.1) is 0 Å². The van der Waals surface area contributed by atoms with Crippen LogP contribution < -0.4 is 5.73 Å². The first-order valence-corrected chi connectivity index (χ1v) is 7.76. The number of nitrogen functional groups attached to an aromatic ring is 1. The van der Waals surface area contributed by atoms with E-state index in [9.17, 15) is 0 Å². The molecule has 0 spiro atoms. The van der Waals surface area contributed by atoms with Crippen LogP contribution in [-0.2, 0) is 6.54 Å². The molecule has 1 atom stereocenters. The van der Waals surface area contributed by atoms with E-state index in [1.165, 1.54) is 24.9 Å². The number of rotatable bonds is 3. The van der Waals surface area contributed by atoms with E-state index in [1.807, 2.05) is 22.9 Å². The second kappa shape index (κ2) is 5.90. The fourth-order valence-corrected chi connectivity index (χ4v) is 3.18. The molecule has 0 saturated carbocycles. The van der Waals surface area contributed by atoms with Crippen LogP contribution in [0.4, 0.5) is 5.82 Å². The van der Waals surface area contributed by atoms with Crippen LogP contribution in [0.2, 0.25) is 0 Å². The van der Waals surface area contributed by atoms with E-state index < -0.39 is 0 Å². The van der Waals surface area contributed by atoms with Gasteiger partial charge in [0.2, 0.25) is 0 Å². The van der Waals surface area contributed by atoms with Gasteiger partial charge in [0, 0.05) is 19.2 Å². The molecule has 1 unspecified atom stereocenters. The summed E-state index contributed by atoms with van der Waals surface area (Å²) in [6, 6.07) is 10.2. The van der Waals surface area contributed by atoms with Gasteiger partial charge in [0.25, 0.3) is 0 Å². The highest BCUT2D eigenvalue weighted by Crippen LogP contribution is 2.21. The van der Waals surface area contributed by atoms with Crippen molar-refractivity contribution in [2.45, 2.75) is 33.2 Å². The number of aromatic nitrogens is 2. The third-order valence-electron chi connectivity index (χ3n) is 4.26. The molecule has 1 aliphatic heterocycles. The van der Waals surface area contributed by atoms with E-state index in [-0.39, 0.29) is 0 Å². The van der Waals surface area contributed by atoms with Crippen molar-refractivity contribution in [2.24, 2.45) is 5.92 Å². The van der Waals surface area contributed by atoms with E-state index in [4.69, 9.17) is 10.8 Å². The summed E-state index contributed by atoms with van der Waals surface area (Å²) < 4.78 is 1.86. The van der Waals surface area contributed by atoms with Crippen molar-refractivity contribution in [1.29, 1.82) is 0 Å². The molecular formula is C17H24N4. The van der Waals surface area contributed by atoms with Crippen LogP contribution in [0.1, 0.15) is 31.0 Å². The Kier molecular flexibility index (Phi) is 3.97. The minimum atomic E-state index is 0.712. The van der Waals surface area contributed by atoms with Gasteiger partial charge in [-0.1, -0.05) is 25.1 Å². The van der Waals surface area contributed by atoms with Gasteiger partial charge in [-0.05, 0) is 43.9 Å². The molecule has 0 bridgehead atoms. The second-order valence-corrected chi connectivity index (χ2v) is 6.24. The lowest BCUT2D eigenvalue weighted by atomic mass is 10.0. The van der Waals surface area contributed by atoms with Crippen LogP contribution in [0.3, 0.4) is 0 Å². The molecule has 4 heteroatoms. The number of anilines is 1. The molecule has 1 aromatic heterocycles. The highest BCUT2D eigenvalue weighted by atomic mass is 15.3. The Bertz CT molecular complexity index is 617. The summed E-state index contributed by atoms with van der Waals surface area (Å²) in [6.07, 6.45) is 2.63. The van der Waals surface area contributed by atoms with Gasteiger partial charge in [0.15, 0.2) is 0 Å². The molecule has 0 aliphatic carbocycles. The SMILES string of the molecule is Cc1ccccc1-n1nc(CN2CCCC(C)C2)cc1N. The fourth-order valence-electron chi connectivity index (χ4n) is 3.18. The number of nitrogens with two attached hydrogens (primary N) is 1. The molecule has 112 valence electrons. The van der Waals surface area contributed by atoms with E-state index in [1.54, 1.807) is 0 Å². The number of hydrogen-bond donors (Lipinski definition) is 1. The lowest BCUT2D eigenvalue weighted by molar-refractivity contribution is 0.174. The molecule has 4 nitrogen and oxygen atoms in total. The molecule has 2 heterocycles. The zero-order chi connectivity index (χ0) is 14.8. The van der Waals surface area contributed by atoms with Crippen LogP contribution >= 0.6 is 0 Å². The third-order valence-corrected chi connectivity index (χ3v) is 4.26. The van der Waals surface area contributed by atoms with Gasteiger partial charge >= 0.3 is 0 Å². The van der Waals surface area contributed by atoms with Gasteiger partial charge in [-0.2, -0.15) is 5.10 Å². The number of benzene rings is 1. The lowest BCUT2D eigenvalue weighted by Gasteiger charge is -2.30. The Hall–Kier alpha value is -1.81. The zero-order valence-corrected chi connectivity index (χ0v) is 12.9. The Labute approximate surface area is 126 Å². The Morgan fingerprint density at radius 1 is 1.33 bits per heavy atom. The first-order chi connectivity index (χ1) is 10.1. The summed E-state index contributed by atoms with van der Waals surface area (Å²) >= 11 is 0. The van der Waals surface area contributed by atoms with Crippen LogP contribution in [-0.4, -0.2) is 27.8 Å². The average Bonchev–Trinajstić information content (AvgIpc) is 2.80. The van der Waals surface area contributed by atoms with Gasteiger partial charge in [0.1, 0.15) is 5.82 Å². The molecular weight excluding hydrogens is 260 g/mol. The van der Waals surface area contributed by atoms with E-state index in [2.05, 4.69) is 30.9 Å². The summed E-state index contributed by atoms with van der Waals surface area (Å²) in [7, 11) is 0. The van der Waals surface area contributed by atoms with Gasteiger partial charge < -0.3 is 5.73 Å². The minimum Gasteiger partial charge on any atom is -0.384 e. The molecule has 2 aromatic rings. The molecule has 21 heavy (non-hydrogen) atoms. The van der Waals surface area contributed by atoms with Crippen molar-refractivity contribution in [3.05, 3.63) is 41.6 Å². The summed E-state index contributed by atoms with van der Waals surface area (Å²) in [6.45, 7) is 7.64. The number of piperidine rings is 1. The summed E-state index contributed by atoms with van der Waals surface area (Å²) in [4.78, 5) is 2.48. The van der Waals surface area contributed by atoms with Crippen molar-refractivity contribution in [3.8, 4) is 5.69 Å². The molecule has 1 saturated heterocycles. The van der Waals surface area contributed by atoms with Crippen molar-refractivity contribution >= 4 is 5.82 Å². The summed E-state index contributed by atoms with van der Waals surface area (Å²) in [5, 5.41) is 4.71. The number of nitrogens with zero attached hydrogens (tertiary/aromatic N) is 3. The van der Waals surface area contributed by atoms with Crippen molar-refractivity contribution < 1.29 is 0 Å². The minimum absolute atomic E-state index is 0.712. The highest BCUT2D eigenvalue weighted by molar-refractivity contribution is 5.47. The third kappa shape index (κ3) is 3.10. The average molecular weight is 284 g/mol. The Morgan fingerprint density at radius 2 is 2.14 bits per heavy atom. The molecule has 2 N–H and O–H groups in total. The first kappa shape index (κ1) is 14.1. The molecule has 0 amide bonds. The van der Waals surface area contributed by atoms with E-state index >= 15 is 0 Å². The second-order valence-electron chi connectivity index (χ2n) is 6.24. The largest absolute Gasteiger partial charge is 0.384 e. The standard InChI is InChI=1S/C17H24N4/c1-13-6-5-9-20(11-13)12-15-10-17(18)21(19-15)16-8-4-3-7-14(16)2/h3-4,7-8,10,13H,5-6,9,11-12,18H2,1-2H3. The Balaban J connectivity index is 1.80. The topological polar surface area (TPSA) is 47.1 Å². The van der Waals surface area contributed by atoms with Crippen molar-refractivity contribution in [2.75, 3.05) is 18.8 Å². The summed E-state index contributed by atoms with van der Waals surface area (Å²) in [5.41, 5.74) is 9.47. The maximum Gasteiger partial charge on any atom is 0.127 e. The van der Waals surface area contributed by atoms with Crippen LogP contribution in [0, 0.1) is 12.8 Å². The van der Waals surface area contributed by atoms with Gasteiger partial charge in [-0.3, -0.25) is 4.90 Å². The van der Waals surface area contributed by atoms with Gasteiger partial charge in [0.05, 0.1) is 11.4 Å². The highest BCUT2D eigenvalue weighted by Gasteiger charge is 2.18. The predicted octanol–water partition coefficient (Wildman–Crippen LogP) is 2.99. The lowest BCUT2D eigenvalue weighted by Crippen LogP contribution is -2.33. The summed E-state index contributed by atoms with van der Waals surface area (Å²) in [5.74, 6) is 1.50. The van der Waals surface area contributed by atoms with Crippen molar-refractivity contribution in [3.63, 3.8) is 0 Å². The number of hydrogen-bond acceptors (Lipinski definition) is 3. The maximum atomic E-state index is 6.16. The normalized spacial score (nSPS) is 19.8. The van der Waals surface area contributed by atoms with Crippen LogP contribution in [0.5, 0.6) is 0 Å². The molecule has 0 radical (unpaired) electrons. The Morgan fingerprint density at radius 3 is 2.90 bits per heavy atom. The first-order valence-electron chi connectivity index (χ1n) is 7.76. The van der Waals surface area contributed by atoms with E-state index in [0.717, 1.165) is 30.4 Å². The number of aryl methyl sites for hydroxylation is 1. The molecule has 1 aliphatic rings. The van der Waals surface area contributed by atoms with Crippen LogP contribution in [0.25, 0.3) is 5.69 Å². The van der Waals surface area contributed by atoms with Crippen molar-refractivity contribution in [1.82, 2.24) is 14.7 Å². The molecule has 3 rings (SSSR count). The quantitative estimate of drug-likeness (QED) is 0.942.